The summed E-state index contributed by atoms with van der Waals surface area (Å²) in [6, 6.07) is 0.574. The summed E-state index contributed by atoms with van der Waals surface area (Å²) in [5.74, 6) is 0. The molecular formula is C7H16ClNO. The average molecular weight is 166 g/mol. The molecule has 0 aromatic heterocycles. The number of rotatable bonds is 2. The van der Waals surface area contributed by atoms with Gasteiger partial charge in [0.2, 0.25) is 0 Å². The summed E-state index contributed by atoms with van der Waals surface area (Å²) in [6.45, 7) is 4.99. The lowest BCUT2D eigenvalue weighted by molar-refractivity contribution is -0.0383. The quantitative estimate of drug-likeness (QED) is 0.638. The molecule has 0 unspecified atom stereocenters. The number of nitrogens with one attached hydrogen (secondary N) is 1. The van der Waals surface area contributed by atoms with Crippen molar-refractivity contribution < 1.29 is 5.11 Å². The average Bonchev–Trinajstić information content (AvgIpc) is 1.62. The van der Waals surface area contributed by atoms with Crippen molar-refractivity contribution in [3.63, 3.8) is 0 Å². The Kier molecular flexibility index (Phi) is 3.63. The van der Waals surface area contributed by atoms with Crippen molar-refractivity contribution >= 4 is 12.4 Å². The minimum atomic E-state index is -0.368. The van der Waals surface area contributed by atoms with Crippen LogP contribution in [0.4, 0.5) is 0 Å². The molecule has 0 atom stereocenters. The van der Waals surface area contributed by atoms with E-state index in [2.05, 4.69) is 12.2 Å². The number of halogens is 1. The minimum absolute atomic E-state index is 0. The molecular weight excluding hydrogens is 150 g/mol. The van der Waals surface area contributed by atoms with Gasteiger partial charge in [-0.1, -0.05) is 6.92 Å². The van der Waals surface area contributed by atoms with Gasteiger partial charge in [-0.15, -0.1) is 12.4 Å². The van der Waals surface area contributed by atoms with Crippen LogP contribution in [0.15, 0.2) is 0 Å². The van der Waals surface area contributed by atoms with Gasteiger partial charge in [0.15, 0.2) is 0 Å². The molecule has 62 valence electrons. The Balaban J connectivity index is 0.000000810. The van der Waals surface area contributed by atoms with Crippen molar-refractivity contribution in [2.45, 2.75) is 38.3 Å². The van der Waals surface area contributed by atoms with Gasteiger partial charge in [-0.3, -0.25) is 0 Å². The summed E-state index contributed by atoms with van der Waals surface area (Å²) >= 11 is 0. The first kappa shape index (κ1) is 10.2. The predicted molar refractivity (Wildman–Crippen MR) is 44.6 cm³/mol. The Bertz CT molecular complexity index is 97.8. The van der Waals surface area contributed by atoms with E-state index in [4.69, 9.17) is 0 Å². The second-order valence-corrected chi connectivity index (χ2v) is 3.16. The van der Waals surface area contributed by atoms with Crippen molar-refractivity contribution in [2.24, 2.45) is 0 Å². The van der Waals surface area contributed by atoms with Crippen molar-refractivity contribution in [1.29, 1.82) is 0 Å². The van der Waals surface area contributed by atoms with E-state index in [-0.39, 0.29) is 18.0 Å². The normalized spacial score (nSPS) is 38.1. The highest BCUT2D eigenvalue weighted by molar-refractivity contribution is 5.85. The molecule has 0 heterocycles. The molecule has 0 bridgehead atoms. The first-order valence-electron chi connectivity index (χ1n) is 3.60. The molecule has 0 aromatic rings. The maximum Gasteiger partial charge on any atom is 0.0649 e. The molecule has 3 heteroatoms. The molecule has 1 aliphatic carbocycles. The predicted octanol–water partition coefficient (Wildman–Crippen LogP) is 0.931. The Morgan fingerprint density at radius 2 is 2.10 bits per heavy atom. The Morgan fingerprint density at radius 3 is 2.40 bits per heavy atom. The van der Waals surface area contributed by atoms with Crippen LogP contribution in [0.1, 0.15) is 26.7 Å². The van der Waals surface area contributed by atoms with E-state index >= 15 is 0 Å². The van der Waals surface area contributed by atoms with Gasteiger partial charge in [0.05, 0.1) is 5.60 Å². The molecule has 0 aliphatic heterocycles. The molecule has 2 nitrogen and oxygen atoms in total. The van der Waals surface area contributed by atoms with Gasteiger partial charge in [0, 0.05) is 6.04 Å². The third kappa shape index (κ3) is 2.45. The highest BCUT2D eigenvalue weighted by Crippen LogP contribution is 2.30. The van der Waals surface area contributed by atoms with E-state index in [0.29, 0.717) is 6.04 Å². The molecule has 1 saturated carbocycles. The molecule has 1 aliphatic rings. The first-order valence-corrected chi connectivity index (χ1v) is 3.60. The van der Waals surface area contributed by atoms with Crippen molar-refractivity contribution in [2.75, 3.05) is 6.54 Å². The van der Waals surface area contributed by atoms with Crippen LogP contribution in [0.25, 0.3) is 0 Å². The van der Waals surface area contributed by atoms with Gasteiger partial charge in [0.1, 0.15) is 0 Å². The zero-order chi connectivity index (χ0) is 6.91. The summed E-state index contributed by atoms with van der Waals surface area (Å²) in [5.41, 5.74) is -0.368. The second kappa shape index (κ2) is 3.56. The van der Waals surface area contributed by atoms with Gasteiger partial charge in [-0.25, -0.2) is 0 Å². The lowest BCUT2D eigenvalue weighted by Crippen LogP contribution is -2.51. The highest BCUT2D eigenvalue weighted by atomic mass is 35.5. The largest absolute Gasteiger partial charge is 0.390 e. The van der Waals surface area contributed by atoms with Crippen LogP contribution in [-0.4, -0.2) is 23.3 Å². The van der Waals surface area contributed by atoms with Crippen LogP contribution < -0.4 is 5.32 Å². The molecule has 1 fully saturated rings. The SMILES string of the molecule is CCNC1CC(C)(O)C1.Cl. The molecule has 0 aromatic carbocycles. The van der Waals surface area contributed by atoms with Gasteiger partial charge in [0.25, 0.3) is 0 Å². The summed E-state index contributed by atoms with van der Waals surface area (Å²) in [5, 5.41) is 12.5. The molecule has 0 radical (unpaired) electrons. The third-order valence-electron chi connectivity index (χ3n) is 1.87. The number of aliphatic hydroxyl groups is 1. The van der Waals surface area contributed by atoms with E-state index in [0.717, 1.165) is 19.4 Å². The van der Waals surface area contributed by atoms with Gasteiger partial charge < -0.3 is 10.4 Å². The Hall–Kier alpha value is 0.210. The summed E-state index contributed by atoms with van der Waals surface area (Å²) < 4.78 is 0. The Morgan fingerprint density at radius 1 is 1.60 bits per heavy atom. The van der Waals surface area contributed by atoms with Crippen LogP contribution in [0.5, 0.6) is 0 Å². The van der Waals surface area contributed by atoms with Gasteiger partial charge in [-0.2, -0.15) is 0 Å². The van der Waals surface area contributed by atoms with E-state index in [1.165, 1.54) is 0 Å². The van der Waals surface area contributed by atoms with Crippen LogP contribution in [0.2, 0.25) is 0 Å². The van der Waals surface area contributed by atoms with Crippen LogP contribution in [0, 0.1) is 0 Å². The number of hydrogen-bond donors (Lipinski definition) is 2. The summed E-state index contributed by atoms with van der Waals surface area (Å²) in [6.07, 6.45) is 1.84. The standard InChI is InChI=1S/C7H15NO.ClH/c1-3-8-6-4-7(2,9)5-6;/h6,8-9H,3-5H2,1-2H3;1H. The molecule has 0 amide bonds. The van der Waals surface area contributed by atoms with E-state index in [1.54, 1.807) is 0 Å². The highest BCUT2D eigenvalue weighted by Gasteiger charge is 2.37. The fourth-order valence-electron chi connectivity index (χ4n) is 1.43. The fourth-order valence-corrected chi connectivity index (χ4v) is 1.43. The zero-order valence-corrected chi connectivity index (χ0v) is 7.37. The van der Waals surface area contributed by atoms with Crippen LogP contribution in [-0.2, 0) is 0 Å². The van der Waals surface area contributed by atoms with Crippen molar-refractivity contribution in [1.82, 2.24) is 5.32 Å². The maximum absolute atomic E-state index is 9.27. The zero-order valence-electron chi connectivity index (χ0n) is 6.55. The Labute approximate surface area is 68.4 Å². The molecule has 0 spiro atoms. The molecule has 1 rings (SSSR count). The molecule has 2 N–H and O–H groups in total. The molecule has 0 saturated heterocycles. The van der Waals surface area contributed by atoms with Crippen LogP contribution in [0.3, 0.4) is 0 Å². The number of hydrogen-bond acceptors (Lipinski definition) is 2. The monoisotopic (exact) mass is 165 g/mol. The summed E-state index contributed by atoms with van der Waals surface area (Å²) in [7, 11) is 0. The van der Waals surface area contributed by atoms with Gasteiger partial charge in [-0.05, 0) is 26.3 Å². The smallest absolute Gasteiger partial charge is 0.0649 e. The molecule has 10 heavy (non-hydrogen) atoms. The first-order chi connectivity index (χ1) is 4.14. The maximum atomic E-state index is 9.27. The van der Waals surface area contributed by atoms with Crippen LogP contribution >= 0.6 is 12.4 Å². The van der Waals surface area contributed by atoms with Crippen molar-refractivity contribution in [3.05, 3.63) is 0 Å². The minimum Gasteiger partial charge on any atom is -0.390 e. The third-order valence-corrected chi connectivity index (χ3v) is 1.87. The lowest BCUT2D eigenvalue weighted by atomic mass is 9.77. The van der Waals surface area contributed by atoms with Crippen molar-refractivity contribution in [3.8, 4) is 0 Å². The lowest BCUT2D eigenvalue weighted by Gasteiger charge is -2.41. The second-order valence-electron chi connectivity index (χ2n) is 3.16. The van der Waals surface area contributed by atoms with E-state index < -0.39 is 0 Å². The topological polar surface area (TPSA) is 32.3 Å². The summed E-state index contributed by atoms with van der Waals surface area (Å²) in [4.78, 5) is 0. The van der Waals surface area contributed by atoms with E-state index in [9.17, 15) is 5.11 Å². The fraction of sp³-hybridized carbons (Fsp3) is 1.00. The van der Waals surface area contributed by atoms with Gasteiger partial charge >= 0.3 is 0 Å². The van der Waals surface area contributed by atoms with E-state index in [1.807, 2.05) is 6.92 Å².